The predicted octanol–water partition coefficient (Wildman–Crippen LogP) is 1.66. The zero-order valence-electron chi connectivity index (χ0n) is 7.73. The molecule has 0 bridgehead atoms. The van der Waals surface area contributed by atoms with Crippen molar-refractivity contribution in [2.24, 2.45) is 0 Å². The molecule has 5 heteroatoms. The lowest BCUT2D eigenvalue weighted by Gasteiger charge is -1.88. The van der Waals surface area contributed by atoms with Gasteiger partial charge in [0.1, 0.15) is 11.4 Å². The molecule has 15 heavy (non-hydrogen) atoms. The van der Waals surface area contributed by atoms with Crippen LogP contribution in [-0.4, -0.2) is 25.3 Å². The van der Waals surface area contributed by atoms with Gasteiger partial charge in [-0.25, -0.2) is 4.98 Å². The molecular formula is C10H8N4O. The minimum absolute atomic E-state index is 0.224. The number of imidazole rings is 1. The molecule has 3 aromatic rings. The molecule has 0 aliphatic rings. The fourth-order valence-electron chi connectivity index (χ4n) is 1.51. The number of benzene rings is 1. The Morgan fingerprint density at radius 3 is 2.93 bits per heavy atom. The second-order valence-corrected chi connectivity index (χ2v) is 3.26. The zero-order chi connectivity index (χ0) is 10.3. The van der Waals surface area contributed by atoms with Crippen molar-refractivity contribution in [2.45, 2.75) is 0 Å². The lowest BCUT2D eigenvalue weighted by molar-refractivity contribution is 0.476. The van der Waals surface area contributed by atoms with Crippen molar-refractivity contribution in [3.05, 3.63) is 30.5 Å². The Hall–Kier alpha value is -2.30. The number of aromatic amines is 2. The van der Waals surface area contributed by atoms with Crippen LogP contribution in [0.2, 0.25) is 0 Å². The first-order chi connectivity index (χ1) is 7.33. The van der Waals surface area contributed by atoms with Crippen LogP contribution in [0.5, 0.6) is 5.75 Å². The van der Waals surface area contributed by atoms with E-state index in [1.54, 1.807) is 24.4 Å². The van der Waals surface area contributed by atoms with Crippen molar-refractivity contribution >= 4 is 11.0 Å². The van der Waals surface area contributed by atoms with Crippen molar-refractivity contribution in [3.63, 3.8) is 0 Å². The van der Waals surface area contributed by atoms with Gasteiger partial charge in [-0.05, 0) is 18.2 Å². The van der Waals surface area contributed by atoms with Crippen LogP contribution in [0.4, 0.5) is 0 Å². The highest BCUT2D eigenvalue weighted by molar-refractivity contribution is 5.79. The highest BCUT2D eigenvalue weighted by atomic mass is 16.3. The highest BCUT2D eigenvalue weighted by Crippen LogP contribution is 2.21. The molecule has 0 radical (unpaired) electrons. The van der Waals surface area contributed by atoms with Crippen molar-refractivity contribution in [3.8, 4) is 17.3 Å². The Kier molecular flexibility index (Phi) is 1.53. The second kappa shape index (κ2) is 2.84. The number of aromatic hydroxyl groups is 1. The van der Waals surface area contributed by atoms with Gasteiger partial charge in [0.15, 0.2) is 5.82 Å². The number of nitrogens with zero attached hydrogens (tertiary/aromatic N) is 2. The molecule has 0 spiro atoms. The van der Waals surface area contributed by atoms with Gasteiger partial charge in [0, 0.05) is 12.3 Å². The summed E-state index contributed by atoms with van der Waals surface area (Å²) in [4.78, 5) is 7.45. The number of nitrogens with one attached hydrogen (secondary N) is 2. The Morgan fingerprint density at radius 2 is 2.13 bits per heavy atom. The van der Waals surface area contributed by atoms with Crippen LogP contribution in [0.1, 0.15) is 0 Å². The van der Waals surface area contributed by atoms with Gasteiger partial charge in [0.25, 0.3) is 0 Å². The maximum absolute atomic E-state index is 9.30. The summed E-state index contributed by atoms with van der Waals surface area (Å²) in [7, 11) is 0. The van der Waals surface area contributed by atoms with Gasteiger partial charge in [-0.15, -0.1) is 0 Å². The van der Waals surface area contributed by atoms with E-state index in [1.807, 2.05) is 6.07 Å². The average Bonchev–Trinajstić information content (AvgIpc) is 2.84. The number of phenols is 1. The number of rotatable bonds is 1. The maximum Gasteiger partial charge on any atom is 0.156 e. The molecular weight excluding hydrogens is 192 g/mol. The summed E-state index contributed by atoms with van der Waals surface area (Å²) in [6.07, 6.45) is 1.67. The molecule has 0 saturated carbocycles. The standard InChI is InChI=1S/C10H8N4O/c15-6-1-2-7-9(5-6)13-10(12-7)8-3-4-11-14-8/h1-5,15H,(H,11,14)(H,12,13). The molecule has 0 fully saturated rings. The molecule has 0 aliphatic heterocycles. The summed E-state index contributed by atoms with van der Waals surface area (Å²) >= 11 is 0. The lowest BCUT2D eigenvalue weighted by atomic mass is 10.3. The van der Waals surface area contributed by atoms with Gasteiger partial charge in [-0.2, -0.15) is 5.10 Å². The second-order valence-electron chi connectivity index (χ2n) is 3.26. The summed E-state index contributed by atoms with van der Waals surface area (Å²) in [6, 6.07) is 6.85. The Morgan fingerprint density at radius 1 is 1.20 bits per heavy atom. The number of hydrogen-bond acceptors (Lipinski definition) is 3. The molecule has 3 N–H and O–H groups in total. The topological polar surface area (TPSA) is 77.6 Å². The van der Waals surface area contributed by atoms with E-state index in [0.717, 1.165) is 16.7 Å². The molecule has 3 rings (SSSR count). The fourth-order valence-corrected chi connectivity index (χ4v) is 1.51. The van der Waals surface area contributed by atoms with Gasteiger partial charge in [-0.3, -0.25) is 5.10 Å². The number of hydrogen-bond donors (Lipinski definition) is 3. The third-order valence-corrected chi connectivity index (χ3v) is 2.22. The van der Waals surface area contributed by atoms with E-state index >= 15 is 0 Å². The first kappa shape index (κ1) is 8.05. The zero-order valence-corrected chi connectivity index (χ0v) is 7.73. The van der Waals surface area contributed by atoms with Crippen molar-refractivity contribution in [2.75, 3.05) is 0 Å². The molecule has 1 aromatic carbocycles. The van der Waals surface area contributed by atoms with E-state index in [0.29, 0.717) is 5.82 Å². The van der Waals surface area contributed by atoms with E-state index in [4.69, 9.17) is 0 Å². The number of fused-ring (bicyclic) bond motifs is 1. The quantitative estimate of drug-likeness (QED) is 0.559. The Labute approximate surface area is 84.8 Å². The normalized spacial score (nSPS) is 10.9. The Bertz CT molecular complexity index is 597. The largest absolute Gasteiger partial charge is 0.508 e. The minimum Gasteiger partial charge on any atom is -0.508 e. The summed E-state index contributed by atoms with van der Waals surface area (Å²) in [5, 5.41) is 16.0. The summed E-state index contributed by atoms with van der Waals surface area (Å²) in [5.74, 6) is 0.940. The van der Waals surface area contributed by atoms with Crippen molar-refractivity contribution in [1.29, 1.82) is 0 Å². The van der Waals surface area contributed by atoms with E-state index in [2.05, 4.69) is 20.2 Å². The van der Waals surface area contributed by atoms with E-state index < -0.39 is 0 Å². The lowest BCUT2D eigenvalue weighted by Crippen LogP contribution is -1.79. The molecule has 0 unspecified atom stereocenters. The molecule has 0 aliphatic carbocycles. The maximum atomic E-state index is 9.30. The third kappa shape index (κ3) is 1.25. The first-order valence-electron chi connectivity index (χ1n) is 4.51. The molecule has 2 heterocycles. The summed E-state index contributed by atoms with van der Waals surface area (Å²) < 4.78 is 0. The van der Waals surface area contributed by atoms with Gasteiger partial charge >= 0.3 is 0 Å². The van der Waals surface area contributed by atoms with Crippen LogP contribution in [-0.2, 0) is 0 Å². The van der Waals surface area contributed by atoms with Gasteiger partial charge in [0.05, 0.1) is 11.0 Å². The smallest absolute Gasteiger partial charge is 0.156 e. The van der Waals surface area contributed by atoms with Crippen molar-refractivity contribution in [1.82, 2.24) is 20.2 Å². The number of aromatic nitrogens is 4. The van der Waals surface area contributed by atoms with E-state index in [9.17, 15) is 5.11 Å². The van der Waals surface area contributed by atoms with E-state index in [1.165, 1.54) is 0 Å². The molecule has 0 atom stereocenters. The molecule has 0 amide bonds. The monoisotopic (exact) mass is 200 g/mol. The van der Waals surface area contributed by atoms with Crippen LogP contribution in [0.15, 0.2) is 30.5 Å². The highest BCUT2D eigenvalue weighted by Gasteiger charge is 2.05. The van der Waals surface area contributed by atoms with Crippen LogP contribution in [0.25, 0.3) is 22.6 Å². The molecule has 5 nitrogen and oxygen atoms in total. The molecule has 2 aromatic heterocycles. The molecule has 74 valence electrons. The molecule has 0 saturated heterocycles. The summed E-state index contributed by atoms with van der Waals surface area (Å²) in [5.41, 5.74) is 2.45. The third-order valence-electron chi connectivity index (χ3n) is 2.22. The summed E-state index contributed by atoms with van der Waals surface area (Å²) in [6.45, 7) is 0. The van der Waals surface area contributed by atoms with Gasteiger partial charge in [-0.1, -0.05) is 0 Å². The van der Waals surface area contributed by atoms with Gasteiger partial charge < -0.3 is 10.1 Å². The van der Waals surface area contributed by atoms with Crippen molar-refractivity contribution < 1.29 is 5.11 Å². The Balaban J connectivity index is 2.22. The fraction of sp³-hybridized carbons (Fsp3) is 0. The van der Waals surface area contributed by atoms with Gasteiger partial charge in [0.2, 0.25) is 0 Å². The minimum atomic E-state index is 0.224. The van der Waals surface area contributed by atoms with Crippen LogP contribution in [0, 0.1) is 0 Å². The SMILES string of the molecule is Oc1ccc2nc(-c3ccn[nH]3)[nH]c2c1. The van der Waals surface area contributed by atoms with E-state index in [-0.39, 0.29) is 5.75 Å². The van der Waals surface area contributed by atoms with Crippen LogP contribution < -0.4 is 0 Å². The predicted molar refractivity (Wildman–Crippen MR) is 55.3 cm³/mol. The van der Waals surface area contributed by atoms with Crippen LogP contribution in [0.3, 0.4) is 0 Å². The first-order valence-corrected chi connectivity index (χ1v) is 4.51. The average molecular weight is 200 g/mol. The van der Waals surface area contributed by atoms with Crippen LogP contribution >= 0.6 is 0 Å². The number of H-pyrrole nitrogens is 2. The number of phenolic OH excluding ortho intramolecular Hbond substituents is 1.